The maximum absolute atomic E-state index is 12.0. The van der Waals surface area contributed by atoms with E-state index in [-0.39, 0.29) is 24.6 Å². The summed E-state index contributed by atoms with van der Waals surface area (Å²) in [6.07, 6.45) is 22.2. The molecule has 0 aromatic carbocycles. The van der Waals surface area contributed by atoms with Gasteiger partial charge in [-0.2, -0.15) is 0 Å². The third-order valence-electron chi connectivity index (χ3n) is 5.73. The zero-order valence-electron chi connectivity index (χ0n) is 21.7. The molecule has 0 aliphatic carbocycles. The summed E-state index contributed by atoms with van der Waals surface area (Å²) >= 11 is 0. The first-order chi connectivity index (χ1) is 14.8. The van der Waals surface area contributed by atoms with Crippen LogP contribution < -0.4 is 5.73 Å². The molecule has 0 amide bonds. The highest BCUT2D eigenvalue weighted by Crippen LogP contribution is 2.22. The van der Waals surface area contributed by atoms with E-state index in [2.05, 4.69) is 6.92 Å². The molecular formula is C27H55NO3. The van der Waals surface area contributed by atoms with Crippen molar-refractivity contribution in [3.05, 3.63) is 0 Å². The van der Waals surface area contributed by atoms with E-state index in [9.17, 15) is 4.79 Å². The van der Waals surface area contributed by atoms with Gasteiger partial charge in [0.2, 0.25) is 0 Å². The Kier molecular flexibility index (Phi) is 19.6. The lowest BCUT2D eigenvalue weighted by Gasteiger charge is -2.31. The Morgan fingerprint density at radius 1 is 0.677 bits per heavy atom. The minimum atomic E-state index is -0.907. The molecule has 0 radical (unpaired) electrons. The van der Waals surface area contributed by atoms with E-state index in [1.807, 2.05) is 27.7 Å². The number of nitrogens with two attached hydrogens (primary N) is 1. The average Bonchev–Trinajstić information content (AvgIpc) is 2.66. The molecule has 0 fully saturated rings. The molecular weight excluding hydrogens is 386 g/mol. The molecule has 31 heavy (non-hydrogen) atoms. The maximum atomic E-state index is 12.0. The second-order valence-electron chi connectivity index (χ2n) is 10.0. The third kappa shape index (κ3) is 21.0. The lowest BCUT2D eigenvalue weighted by atomic mass is 9.99. The van der Waals surface area contributed by atoms with E-state index in [0.717, 1.165) is 12.8 Å². The summed E-state index contributed by atoms with van der Waals surface area (Å²) in [4.78, 5) is 12.0. The number of hydrogen-bond donors (Lipinski definition) is 1. The van der Waals surface area contributed by atoms with Crippen molar-refractivity contribution in [3.8, 4) is 0 Å². The first-order valence-electron chi connectivity index (χ1n) is 13.4. The molecule has 4 nitrogen and oxygen atoms in total. The van der Waals surface area contributed by atoms with Gasteiger partial charge in [0.25, 0.3) is 0 Å². The van der Waals surface area contributed by atoms with Gasteiger partial charge in [0.15, 0.2) is 0 Å². The molecule has 0 bridgehead atoms. The highest BCUT2D eigenvalue weighted by molar-refractivity contribution is 5.70. The fraction of sp³-hybridized carbons (Fsp3) is 0.963. The summed E-state index contributed by atoms with van der Waals surface area (Å²) in [6.45, 7) is 9.92. The standard InChI is InChI=1S/C27H55NO3/c1-6-7-8-9-10-11-12-13-14-15-16-17-18-19-20-21-22-27(28,31-25(4)5)23-26(29)30-24(2)3/h24-25H,6-23,28H2,1-5H3. The van der Waals surface area contributed by atoms with Crippen LogP contribution in [0.2, 0.25) is 0 Å². The molecule has 0 saturated carbocycles. The molecule has 0 aliphatic heterocycles. The van der Waals surface area contributed by atoms with Gasteiger partial charge in [-0.3, -0.25) is 4.79 Å². The van der Waals surface area contributed by atoms with Crippen molar-refractivity contribution in [3.63, 3.8) is 0 Å². The van der Waals surface area contributed by atoms with Gasteiger partial charge in [0, 0.05) is 0 Å². The second-order valence-corrected chi connectivity index (χ2v) is 10.0. The topological polar surface area (TPSA) is 61.6 Å². The molecule has 0 aromatic heterocycles. The second kappa shape index (κ2) is 20.0. The van der Waals surface area contributed by atoms with Crippen molar-refractivity contribution in [2.45, 2.75) is 168 Å². The normalized spacial score (nSPS) is 13.7. The molecule has 0 spiro atoms. The van der Waals surface area contributed by atoms with Crippen LogP contribution in [0, 0.1) is 0 Å². The molecule has 0 saturated heterocycles. The molecule has 0 rings (SSSR count). The summed E-state index contributed by atoms with van der Waals surface area (Å²) < 4.78 is 11.2. The number of unbranched alkanes of at least 4 members (excludes halogenated alkanes) is 15. The molecule has 2 N–H and O–H groups in total. The van der Waals surface area contributed by atoms with Crippen LogP contribution >= 0.6 is 0 Å². The van der Waals surface area contributed by atoms with E-state index >= 15 is 0 Å². The van der Waals surface area contributed by atoms with E-state index in [1.54, 1.807) is 0 Å². The molecule has 1 unspecified atom stereocenters. The van der Waals surface area contributed by atoms with Crippen molar-refractivity contribution in [1.82, 2.24) is 0 Å². The predicted molar refractivity (Wildman–Crippen MR) is 133 cm³/mol. The smallest absolute Gasteiger partial charge is 0.310 e. The summed E-state index contributed by atoms with van der Waals surface area (Å²) in [6, 6.07) is 0. The first-order valence-corrected chi connectivity index (χ1v) is 13.4. The Morgan fingerprint density at radius 2 is 1.06 bits per heavy atom. The number of ether oxygens (including phenoxy) is 2. The molecule has 0 heterocycles. The van der Waals surface area contributed by atoms with Crippen LogP contribution in [0.15, 0.2) is 0 Å². The van der Waals surface area contributed by atoms with Gasteiger partial charge < -0.3 is 15.2 Å². The van der Waals surface area contributed by atoms with Crippen LogP contribution in [-0.2, 0) is 14.3 Å². The number of rotatable bonds is 22. The Morgan fingerprint density at radius 3 is 1.42 bits per heavy atom. The minimum absolute atomic E-state index is 0.00194. The summed E-state index contributed by atoms with van der Waals surface area (Å²) in [5.74, 6) is -0.269. The van der Waals surface area contributed by atoms with Gasteiger partial charge in [-0.15, -0.1) is 0 Å². The summed E-state index contributed by atoms with van der Waals surface area (Å²) in [5, 5.41) is 0. The summed E-state index contributed by atoms with van der Waals surface area (Å²) in [7, 11) is 0. The molecule has 1 atom stereocenters. The quantitative estimate of drug-likeness (QED) is 0.105. The predicted octanol–water partition coefficient (Wildman–Crippen LogP) is 8.06. The fourth-order valence-corrected chi connectivity index (χ4v) is 4.18. The lowest BCUT2D eigenvalue weighted by Crippen LogP contribution is -2.47. The molecule has 0 aliphatic rings. The molecule has 186 valence electrons. The zero-order chi connectivity index (χ0) is 23.4. The van der Waals surface area contributed by atoms with Crippen LogP contribution in [0.4, 0.5) is 0 Å². The van der Waals surface area contributed by atoms with Crippen molar-refractivity contribution in [2.75, 3.05) is 0 Å². The Hall–Kier alpha value is -0.610. The maximum Gasteiger partial charge on any atom is 0.310 e. The van der Waals surface area contributed by atoms with Gasteiger partial charge in [0.1, 0.15) is 5.72 Å². The van der Waals surface area contributed by atoms with Gasteiger partial charge in [-0.1, -0.05) is 103 Å². The molecule has 4 heteroatoms. The van der Waals surface area contributed by atoms with Crippen molar-refractivity contribution in [2.24, 2.45) is 5.73 Å². The van der Waals surface area contributed by atoms with E-state index in [4.69, 9.17) is 15.2 Å². The third-order valence-corrected chi connectivity index (χ3v) is 5.73. The van der Waals surface area contributed by atoms with Gasteiger partial charge in [0.05, 0.1) is 18.6 Å². The highest BCUT2D eigenvalue weighted by atomic mass is 16.6. The van der Waals surface area contributed by atoms with Crippen LogP contribution in [0.1, 0.15) is 150 Å². The van der Waals surface area contributed by atoms with Gasteiger partial charge in [-0.05, 0) is 40.5 Å². The van der Waals surface area contributed by atoms with E-state index < -0.39 is 5.72 Å². The minimum Gasteiger partial charge on any atom is -0.463 e. The monoisotopic (exact) mass is 441 g/mol. The average molecular weight is 442 g/mol. The van der Waals surface area contributed by atoms with Crippen molar-refractivity contribution < 1.29 is 14.3 Å². The van der Waals surface area contributed by atoms with Crippen molar-refractivity contribution in [1.29, 1.82) is 0 Å². The number of carbonyl (C=O) groups excluding carboxylic acids is 1. The van der Waals surface area contributed by atoms with E-state index in [0.29, 0.717) is 6.42 Å². The largest absolute Gasteiger partial charge is 0.463 e. The van der Waals surface area contributed by atoms with Crippen molar-refractivity contribution >= 4 is 5.97 Å². The summed E-state index contributed by atoms with van der Waals surface area (Å²) in [5.41, 5.74) is 5.51. The highest BCUT2D eigenvalue weighted by Gasteiger charge is 2.31. The van der Waals surface area contributed by atoms with Gasteiger partial charge in [-0.25, -0.2) is 0 Å². The van der Waals surface area contributed by atoms with Crippen LogP contribution in [-0.4, -0.2) is 23.9 Å². The zero-order valence-corrected chi connectivity index (χ0v) is 21.7. The molecule has 0 aromatic rings. The Labute approximate surface area is 194 Å². The van der Waals surface area contributed by atoms with Gasteiger partial charge >= 0.3 is 5.97 Å². The number of hydrogen-bond acceptors (Lipinski definition) is 4. The van der Waals surface area contributed by atoms with Crippen LogP contribution in [0.3, 0.4) is 0 Å². The number of esters is 1. The van der Waals surface area contributed by atoms with Crippen LogP contribution in [0.5, 0.6) is 0 Å². The lowest BCUT2D eigenvalue weighted by molar-refractivity contribution is -0.159. The van der Waals surface area contributed by atoms with Crippen LogP contribution in [0.25, 0.3) is 0 Å². The number of carbonyl (C=O) groups is 1. The Bertz CT molecular complexity index is 411. The SMILES string of the molecule is CCCCCCCCCCCCCCCCCCC(N)(CC(=O)OC(C)C)OC(C)C. The Balaban J connectivity index is 3.67. The first kappa shape index (κ1) is 30.4. The fourth-order valence-electron chi connectivity index (χ4n) is 4.18. The van der Waals surface area contributed by atoms with E-state index in [1.165, 1.54) is 89.9 Å².